The van der Waals surface area contributed by atoms with Gasteiger partial charge in [-0.25, -0.2) is 0 Å². The molecule has 0 bridgehead atoms. The van der Waals surface area contributed by atoms with Crippen LogP contribution in [0.3, 0.4) is 0 Å². The lowest BCUT2D eigenvalue weighted by atomic mass is 9.96. The van der Waals surface area contributed by atoms with Gasteiger partial charge in [-0.3, -0.25) is 9.58 Å². The smallest absolute Gasteiger partial charge is 0.0947 e. The van der Waals surface area contributed by atoms with Gasteiger partial charge in [-0.1, -0.05) is 0 Å². The minimum Gasteiger partial charge on any atom is -0.472 e. The van der Waals surface area contributed by atoms with Crippen LogP contribution in [0.2, 0.25) is 0 Å². The van der Waals surface area contributed by atoms with Gasteiger partial charge in [0.25, 0.3) is 0 Å². The quantitative estimate of drug-likeness (QED) is 0.841. The molecular formula is C14H19N3O2. The summed E-state index contributed by atoms with van der Waals surface area (Å²) in [6.07, 6.45) is 5.50. The van der Waals surface area contributed by atoms with Crippen molar-refractivity contribution in [1.82, 2.24) is 14.7 Å². The van der Waals surface area contributed by atoms with Gasteiger partial charge in [0, 0.05) is 56.5 Å². The fourth-order valence-electron chi connectivity index (χ4n) is 2.94. The molecule has 0 saturated heterocycles. The van der Waals surface area contributed by atoms with Crippen LogP contribution in [-0.2, 0) is 24.9 Å². The first-order valence-electron chi connectivity index (χ1n) is 6.51. The molecule has 2 aromatic rings. The van der Waals surface area contributed by atoms with Crippen LogP contribution in [0.5, 0.6) is 0 Å². The van der Waals surface area contributed by atoms with Gasteiger partial charge in [-0.15, -0.1) is 0 Å². The Kier molecular flexibility index (Phi) is 3.40. The van der Waals surface area contributed by atoms with Gasteiger partial charge in [-0.2, -0.15) is 5.10 Å². The molecule has 0 amide bonds. The summed E-state index contributed by atoms with van der Waals surface area (Å²) < 4.78 is 12.5. The topological polar surface area (TPSA) is 43.4 Å². The summed E-state index contributed by atoms with van der Waals surface area (Å²) in [5.41, 5.74) is 3.83. The molecular weight excluding hydrogens is 242 g/mol. The van der Waals surface area contributed by atoms with Crippen LogP contribution < -0.4 is 0 Å². The molecule has 0 radical (unpaired) electrons. The number of hydrogen-bond donors (Lipinski definition) is 0. The molecule has 19 heavy (non-hydrogen) atoms. The number of aromatic nitrogens is 2. The molecule has 5 heteroatoms. The molecule has 102 valence electrons. The van der Waals surface area contributed by atoms with Crippen LogP contribution in [0.15, 0.2) is 29.2 Å². The van der Waals surface area contributed by atoms with Crippen molar-refractivity contribution < 1.29 is 9.15 Å². The summed E-state index contributed by atoms with van der Waals surface area (Å²) >= 11 is 0. The molecule has 0 N–H and O–H groups in total. The molecule has 0 aromatic carbocycles. The maximum absolute atomic E-state index is 5.36. The minimum absolute atomic E-state index is 0.383. The van der Waals surface area contributed by atoms with E-state index in [1.54, 1.807) is 13.4 Å². The molecule has 1 aliphatic rings. The molecule has 0 unspecified atom stereocenters. The summed E-state index contributed by atoms with van der Waals surface area (Å²) in [7, 11) is 3.76. The number of aryl methyl sites for hydroxylation is 1. The first-order valence-corrected chi connectivity index (χ1v) is 6.51. The van der Waals surface area contributed by atoms with Crippen molar-refractivity contribution in [2.24, 2.45) is 7.05 Å². The fourth-order valence-corrected chi connectivity index (χ4v) is 2.94. The molecule has 1 atom stereocenters. The van der Waals surface area contributed by atoms with Gasteiger partial charge >= 0.3 is 0 Å². The van der Waals surface area contributed by atoms with E-state index >= 15 is 0 Å². The second-order valence-electron chi connectivity index (χ2n) is 5.13. The second-order valence-corrected chi connectivity index (χ2v) is 5.13. The van der Waals surface area contributed by atoms with Gasteiger partial charge in [0.2, 0.25) is 0 Å². The predicted molar refractivity (Wildman–Crippen MR) is 70.6 cm³/mol. The number of ether oxygens (including phenoxy) is 1. The van der Waals surface area contributed by atoms with E-state index in [0.29, 0.717) is 5.92 Å². The van der Waals surface area contributed by atoms with Crippen molar-refractivity contribution >= 4 is 0 Å². The van der Waals surface area contributed by atoms with Gasteiger partial charge in [0.15, 0.2) is 0 Å². The average Bonchev–Trinajstić information content (AvgIpc) is 3.00. The highest BCUT2D eigenvalue weighted by Gasteiger charge is 2.28. The zero-order chi connectivity index (χ0) is 13.2. The van der Waals surface area contributed by atoms with Crippen molar-refractivity contribution in [2.45, 2.75) is 19.0 Å². The normalized spacial score (nSPS) is 19.6. The molecule has 3 heterocycles. The Morgan fingerprint density at radius 2 is 2.42 bits per heavy atom. The predicted octanol–water partition coefficient (Wildman–Crippen LogP) is 1.76. The molecule has 0 saturated carbocycles. The molecule has 1 aliphatic heterocycles. The number of hydrogen-bond acceptors (Lipinski definition) is 4. The van der Waals surface area contributed by atoms with Crippen LogP contribution in [-0.4, -0.2) is 34.9 Å². The highest BCUT2D eigenvalue weighted by molar-refractivity contribution is 5.25. The maximum atomic E-state index is 5.36. The van der Waals surface area contributed by atoms with Crippen LogP contribution in [0.1, 0.15) is 22.7 Å². The Balaban J connectivity index is 1.80. The van der Waals surface area contributed by atoms with Crippen molar-refractivity contribution in [3.05, 3.63) is 41.6 Å². The Hall–Kier alpha value is -1.59. The maximum Gasteiger partial charge on any atom is 0.0947 e. The molecule has 3 rings (SSSR count). The summed E-state index contributed by atoms with van der Waals surface area (Å²) in [5.74, 6) is 0.383. The van der Waals surface area contributed by atoms with Gasteiger partial charge in [-0.05, 0) is 6.07 Å². The standard InChI is InChI=1S/C14H19N3O2/c1-16-14-12(5-15-16)7-17(8-13(14)10-18-2)6-11-3-4-19-9-11/h3-5,9,13H,6-8,10H2,1-2H3/t13-/m0/s1. The number of rotatable bonds is 4. The van der Waals surface area contributed by atoms with Crippen molar-refractivity contribution in [3.8, 4) is 0 Å². The van der Waals surface area contributed by atoms with E-state index in [4.69, 9.17) is 9.15 Å². The third-order valence-electron chi connectivity index (χ3n) is 3.68. The molecule has 5 nitrogen and oxygen atoms in total. The van der Waals surface area contributed by atoms with Crippen LogP contribution in [0.25, 0.3) is 0 Å². The van der Waals surface area contributed by atoms with Gasteiger partial charge in [0.1, 0.15) is 0 Å². The Morgan fingerprint density at radius 1 is 1.53 bits per heavy atom. The van der Waals surface area contributed by atoms with Crippen molar-refractivity contribution in [1.29, 1.82) is 0 Å². The first-order chi connectivity index (χ1) is 9.28. The van der Waals surface area contributed by atoms with E-state index in [0.717, 1.165) is 26.2 Å². The zero-order valence-corrected chi connectivity index (χ0v) is 11.4. The van der Waals surface area contributed by atoms with E-state index in [-0.39, 0.29) is 0 Å². The van der Waals surface area contributed by atoms with E-state index in [1.165, 1.54) is 16.8 Å². The molecule has 2 aromatic heterocycles. The van der Waals surface area contributed by atoms with Crippen LogP contribution in [0.4, 0.5) is 0 Å². The lowest BCUT2D eigenvalue weighted by Crippen LogP contribution is -2.35. The first kappa shape index (κ1) is 12.4. The Bertz CT molecular complexity index is 533. The number of nitrogens with zero attached hydrogens (tertiary/aromatic N) is 3. The summed E-state index contributed by atoms with van der Waals surface area (Å²) in [4.78, 5) is 2.42. The monoisotopic (exact) mass is 261 g/mol. The Morgan fingerprint density at radius 3 is 3.16 bits per heavy atom. The summed E-state index contributed by atoms with van der Waals surface area (Å²) in [6, 6.07) is 2.02. The highest BCUT2D eigenvalue weighted by Crippen LogP contribution is 2.28. The average molecular weight is 261 g/mol. The van der Waals surface area contributed by atoms with E-state index in [9.17, 15) is 0 Å². The van der Waals surface area contributed by atoms with Crippen LogP contribution >= 0.6 is 0 Å². The fraction of sp³-hybridized carbons (Fsp3) is 0.500. The van der Waals surface area contributed by atoms with Gasteiger partial charge < -0.3 is 9.15 Å². The largest absolute Gasteiger partial charge is 0.472 e. The van der Waals surface area contributed by atoms with E-state index in [1.807, 2.05) is 30.3 Å². The van der Waals surface area contributed by atoms with Crippen molar-refractivity contribution in [2.75, 3.05) is 20.3 Å². The minimum atomic E-state index is 0.383. The third kappa shape index (κ3) is 2.43. The van der Waals surface area contributed by atoms with Crippen molar-refractivity contribution in [3.63, 3.8) is 0 Å². The molecule has 0 spiro atoms. The second kappa shape index (κ2) is 5.19. The molecule has 0 fully saturated rings. The van der Waals surface area contributed by atoms with Crippen LogP contribution in [0, 0.1) is 0 Å². The zero-order valence-electron chi connectivity index (χ0n) is 11.4. The number of furan rings is 1. The number of methoxy groups -OCH3 is 1. The molecule has 0 aliphatic carbocycles. The van der Waals surface area contributed by atoms with E-state index < -0.39 is 0 Å². The third-order valence-corrected chi connectivity index (χ3v) is 3.68. The summed E-state index contributed by atoms with van der Waals surface area (Å²) in [5, 5.41) is 4.38. The summed E-state index contributed by atoms with van der Waals surface area (Å²) in [6.45, 7) is 3.57. The lowest BCUT2D eigenvalue weighted by molar-refractivity contribution is 0.132. The van der Waals surface area contributed by atoms with E-state index in [2.05, 4.69) is 10.00 Å². The SMILES string of the molecule is COC[C@@H]1CN(Cc2ccoc2)Cc2cnn(C)c21. The lowest BCUT2D eigenvalue weighted by Gasteiger charge is -2.32. The Labute approximate surface area is 112 Å². The highest BCUT2D eigenvalue weighted by atomic mass is 16.5. The van der Waals surface area contributed by atoms with Gasteiger partial charge in [0.05, 0.1) is 25.3 Å². The number of fused-ring (bicyclic) bond motifs is 1.